The average Bonchev–Trinajstić information content (AvgIpc) is 3.45. The number of aryl methyl sites for hydroxylation is 1. The molecule has 0 bridgehead atoms. The molecule has 12 nitrogen and oxygen atoms in total. The van der Waals surface area contributed by atoms with Gasteiger partial charge in [-0.3, -0.25) is 14.8 Å². The number of carbonyl (C=O) groups excluding carboxylic acids is 1. The topological polar surface area (TPSA) is 144 Å². The molecule has 0 amide bonds. The smallest absolute Gasteiger partial charge is 0.210 e. The maximum Gasteiger partial charge on any atom is 0.210 e. The van der Waals surface area contributed by atoms with Crippen LogP contribution in [0.4, 0.5) is 17.2 Å². The fourth-order valence-corrected chi connectivity index (χ4v) is 3.21. The summed E-state index contributed by atoms with van der Waals surface area (Å²) < 4.78 is 1.47. The molecule has 0 spiro atoms. The molecule has 0 aliphatic heterocycles. The Morgan fingerprint density at radius 1 is 1.03 bits per heavy atom. The number of carboxylic acid groups (broad SMARTS) is 1. The van der Waals surface area contributed by atoms with E-state index in [0.717, 1.165) is 12.6 Å². The normalized spacial score (nSPS) is 11.4. The number of aromatic nitrogens is 6. The fraction of sp³-hybridized carbons (Fsp3) is 0.640. The zero-order valence-corrected chi connectivity index (χ0v) is 27.6. The van der Waals surface area contributed by atoms with Crippen LogP contribution >= 0.6 is 0 Å². The molecular formula is C25H39N10O2Zn-3. The van der Waals surface area contributed by atoms with Crippen LogP contribution in [0.1, 0.15) is 86.4 Å². The van der Waals surface area contributed by atoms with Gasteiger partial charge in [0.2, 0.25) is 5.69 Å². The Hall–Kier alpha value is -2.97. The Kier molecular flexibility index (Phi) is 13.7. The summed E-state index contributed by atoms with van der Waals surface area (Å²) in [6.07, 6.45) is 0. The molecule has 0 radical (unpaired) electrons. The number of hydrogen-bond donors (Lipinski definition) is 0. The van der Waals surface area contributed by atoms with Crippen molar-refractivity contribution in [3.63, 3.8) is 0 Å². The molecule has 0 saturated heterocycles. The summed E-state index contributed by atoms with van der Waals surface area (Å²) in [6, 6.07) is 0. The van der Waals surface area contributed by atoms with E-state index in [1.165, 1.54) is 24.3 Å². The van der Waals surface area contributed by atoms with Crippen LogP contribution in [0.5, 0.6) is 0 Å². The number of hydrogen-bond acceptors (Lipinski definition) is 8. The van der Waals surface area contributed by atoms with Crippen molar-refractivity contribution in [2.24, 2.45) is 10.2 Å². The number of rotatable bonds is 5. The van der Waals surface area contributed by atoms with Gasteiger partial charge in [0.25, 0.3) is 0 Å². The van der Waals surface area contributed by atoms with Crippen LogP contribution in [0.25, 0.3) is 10.5 Å². The van der Waals surface area contributed by atoms with Crippen molar-refractivity contribution in [2.75, 3.05) is 19.6 Å². The van der Waals surface area contributed by atoms with Crippen LogP contribution in [0.2, 0.25) is 0 Å². The minimum atomic E-state index is -1.08. The van der Waals surface area contributed by atoms with Gasteiger partial charge in [0.1, 0.15) is 0 Å². The number of carboxylic acids is 1. The Morgan fingerprint density at radius 2 is 1.53 bits per heavy atom. The van der Waals surface area contributed by atoms with E-state index in [2.05, 4.69) is 66.1 Å². The molecule has 0 aliphatic rings. The SMILES string of the molecule is CC(=O)[O-].CCN(CC)CC.[C-]#[N+]c1c(C(C)(C)C)n[n-]c1N=Nc1c(C(C)(C)C)nn2nc(C)[n-]c12.[Zn]. The Labute approximate surface area is 238 Å². The molecule has 0 N–H and O–H groups in total. The van der Waals surface area contributed by atoms with Gasteiger partial charge in [0.15, 0.2) is 0 Å². The van der Waals surface area contributed by atoms with E-state index in [1.807, 2.05) is 41.5 Å². The molecule has 38 heavy (non-hydrogen) atoms. The monoisotopic (exact) mass is 575 g/mol. The first-order chi connectivity index (χ1) is 17.1. The third kappa shape index (κ3) is 9.73. The molecular weight excluding hydrogens is 538 g/mol. The molecule has 0 saturated carbocycles. The summed E-state index contributed by atoms with van der Waals surface area (Å²) in [5.74, 6) is -0.269. The maximum absolute atomic E-state index is 8.89. The Bertz CT molecular complexity index is 1220. The summed E-state index contributed by atoms with van der Waals surface area (Å²) in [7, 11) is 0. The van der Waals surface area contributed by atoms with Crippen molar-refractivity contribution >= 4 is 28.8 Å². The largest absolute Gasteiger partial charge is 0.550 e. The molecule has 3 aromatic heterocycles. The molecule has 0 aromatic carbocycles. The van der Waals surface area contributed by atoms with E-state index in [1.54, 1.807) is 6.92 Å². The molecule has 0 aliphatic carbocycles. The van der Waals surface area contributed by atoms with Crippen molar-refractivity contribution in [3.8, 4) is 0 Å². The summed E-state index contributed by atoms with van der Waals surface area (Å²) in [4.78, 5) is 19.2. The molecule has 3 heterocycles. The van der Waals surface area contributed by atoms with E-state index in [9.17, 15) is 0 Å². The number of azo groups is 1. The van der Waals surface area contributed by atoms with Gasteiger partial charge < -0.3 is 35.1 Å². The van der Waals surface area contributed by atoms with Crippen LogP contribution in [-0.2, 0) is 35.1 Å². The molecule has 0 unspecified atom stereocenters. The second-order valence-corrected chi connectivity index (χ2v) is 10.3. The zero-order valence-electron chi connectivity index (χ0n) is 24.6. The molecule has 3 aromatic rings. The van der Waals surface area contributed by atoms with Gasteiger partial charge in [-0.05, 0) is 50.5 Å². The standard InChI is InChI=1S/C17H21N9.C6H15N.C2H4O2.Zn/c1-9-19-15-11(13(17(5,6)7)25-26(15)24-9)20-22-14-10(18-8)12(21-23-14)16(2,3)4;1-4-7(5-2)6-3;1-2(3)4;/h1-7H3;4-6H2,1-3H3;1H3,(H,3,4);/q-2;;;/p-1. The maximum atomic E-state index is 8.89. The third-order valence-corrected chi connectivity index (χ3v) is 5.13. The van der Waals surface area contributed by atoms with Crippen molar-refractivity contribution in [1.29, 1.82) is 0 Å². The van der Waals surface area contributed by atoms with E-state index in [4.69, 9.17) is 16.5 Å². The number of nitrogens with zero attached hydrogens (tertiary/aromatic N) is 10. The zero-order chi connectivity index (χ0) is 28.6. The number of fused-ring (bicyclic) bond motifs is 1. The van der Waals surface area contributed by atoms with Gasteiger partial charge in [0, 0.05) is 30.9 Å². The number of aliphatic carboxylic acids is 1. The molecule has 206 valence electrons. The molecule has 0 fully saturated rings. The van der Waals surface area contributed by atoms with Crippen LogP contribution in [0.3, 0.4) is 0 Å². The van der Waals surface area contributed by atoms with Crippen molar-refractivity contribution in [1.82, 2.24) is 34.9 Å². The minimum Gasteiger partial charge on any atom is -0.550 e. The summed E-state index contributed by atoms with van der Waals surface area (Å²) >= 11 is 0. The van der Waals surface area contributed by atoms with Gasteiger partial charge in [-0.1, -0.05) is 62.3 Å². The van der Waals surface area contributed by atoms with Crippen LogP contribution in [-0.4, -0.2) is 50.4 Å². The Morgan fingerprint density at radius 3 is 1.92 bits per heavy atom. The number of carbonyl (C=O) groups is 1. The second kappa shape index (κ2) is 14.8. The fourth-order valence-electron chi connectivity index (χ4n) is 3.21. The van der Waals surface area contributed by atoms with E-state index >= 15 is 0 Å². The van der Waals surface area contributed by atoms with Crippen molar-refractivity contribution in [3.05, 3.63) is 28.6 Å². The molecule has 3 rings (SSSR count). The van der Waals surface area contributed by atoms with E-state index in [0.29, 0.717) is 28.5 Å². The predicted octanol–water partition coefficient (Wildman–Crippen LogP) is 4.01. The molecule has 13 heteroatoms. The summed E-state index contributed by atoms with van der Waals surface area (Å²) in [6.45, 7) is 32.4. The predicted molar refractivity (Wildman–Crippen MR) is 141 cm³/mol. The summed E-state index contributed by atoms with van der Waals surface area (Å²) in [5.41, 5.74) is 2.19. The third-order valence-electron chi connectivity index (χ3n) is 5.13. The van der Waals surface area contributed by atoms with Crippen LogP contribution < -0.4 is 15.2 Å². The van der Waals surface area contributed by atoms with Crippen molar-refractivity contribution < 1.29 is 29.4 Å². The van der Waals surface area contributed by atoms with Crippen LogP contribution in [0.15, 0.2) is 10.2 Å². The minimum absolute atomic E-state index is 0. The molecule has 0 atom stereocenters. The second-order valence-electron chi connectivity index (χ2n) is 10.3. The first kappa shape index (κ1) is 35.0. The van der Waals surface area contributed by atoms with Gasteiger partial charge in [-0.2, -0.15) is 0 Å². The van der Waals surface area contributed by atoms with Gasteiger partial charge in [-0.15, -0.1) is 0 Å². The van der Waals surface area contributed by atoms with Crippen molar-refractivity contribution in [2.45, 2.75) is 87.0 Å². The van der Waals surface area contributed by atoms with Crippen LogP contribution in [0, 0.1) is 13.5 Å². The van der Waals surface area contributed by atoms with E-state index in [-0.39, 0.29) is 36.1 Å². The van der Waals surface area contributed by atoms with Gasteiger partial charge in [-0.25, -0.2) is 9.94 Å². The first-order valence-corrected chi connectivity index (χ1v) is 12.2. The van der Waals surface area contributed by atoms with Gasteiger partial charge in [0.05, 0.1) is 29.3 Å². The first-order valence-electron chi connectivity index (χ1n) is 12.2. The summed E-state index contributed by atoms with van der Waals surface area (Å²) in [5, 5.41) is 34.4. The quantitative estimate of drug-likeness (QED) is 0.252. The Balaban J connectivity index is 0.000000968. The average molecular weight is 577 g/mol. The van der Waals surface area contributed by atoms with Gasteiger partial charge >= 0.3 is 0 Å². The van der Waals surface area contributed by atoms with E-state index < -0.39 is 5.97 Å².